The molecule has 1 amide bonds. The number of halogens is 2. The lowest BCUT2D eigenvalue weighted by Gasteiger charge is -2.37. The van der Waals surface area contributed by atoms with Gasteiger partial charge < -0.3 is 10.0 Å². The molecule has 2 aliphatic heterocycles. The summed E-state index contributed by atoms with van der Waals surface area (Å²) in [6.07, 6.45) is 2.37. The number of hydrogen-bond acceptors (Lipinski definition) is 4. The Morgan fingerprint density at radius 3 is 2.13 bits per heavy atom. The van der Waals surface area contributed by atoms with Crippen LogP contribution in [0.4, 0.5) is 8.78 Å². The minimum Gasteiger partial charge on any atom is -0.393 e. The highest BCUT2D eigenvalue weighted by atomic mass is 32.2. The summed E-state index contributed by atoms with van der Waals surface area (Å²) in [4.78, 5) is 13.8. The third-order valence-corrected chi connectivity index (χ3v) is 6.01. The van der Waals surface area contributed by atoms with Crippen LogP contribution in [0.15, 0.2) is 29.2 Å². The number of rotatable bonds is 3. The Morgan fingerprint density at radius 2 is 1.65 bits per heavy atom. The lowest BCUT2D eigenvalue weighted by Crippen LogP contribution is -2.48. The van der Waals surface area contributed by atoms with Gasteiger partial charge in [-0.3, -0.25) is 4.79 Å². The highest BCUT2D eigenvalue weighted by molar-refractivity contribution is 7.91. The molecule has 0 radical (unpaired) electrons. The Bertz CT molecular complexity index is 691. The monoisotopic (exact) mass is 345 g/mol. The molecule has 2 bridgehead atoms. The molecule has 2 aliphatic rings. The fourth-order valence-electron chi connectivity index (χ4n) is 3.52. The number of carbonyl (C=O) groups is 1. The molecule has 23 heavy (non-hydrogen) atoms. The number of amides is 1. The standard InChI is InChI=1S/C15H17F2NO4S/c16-15(17)23(21,22)13-5-1-9(2-6-13)14(20)18-10-3-4-11(18)8-12(19)7-10/h1-2,5-6,10-12,15,19H,3-4,7-8H2. The smallest absolute Gasteiger partial charge is 0.341 e. The van der Waals surface area contributed by atoms with Crippen molar-refractivity contribution >= 4 is 15.7 Å². The van der Waals surface area contributed by atoms with Crippen molar-refractivity contribution in [2.45, 2.75) is 54.5 Å². The quantitative estimate of drug-likeness (QED) is 0.907. The molecule has 2 fully saturated rings. The summed E-state index contributed by atoms with van der Waals surface area (Å²) in [7, 11) is -4.65. The van der Waals surface area contributed by atoms with Crippen molar-refractivity contribution < 1.29 is 27.1 Å². The summed E-state index contributed by atoms with van der Waals surface area (Å²) in [5.41, 5.74) is 0.270. The van der Waals surface area contributed by atoms with Crippen molar-refractivity contribution in [3.8, 4) is 0 Å². The molecule has 2 saturated heterocycles. The number of nitrogens with zero attached hydrogens (tertiary/aromatic N) is 1. The predicted molar refractivity (Wildman–Crippen MR) is 77.9 cm³/mol. The zero-order chi connectivity index (χ0) is 16.8. The van der Waals surface area contributed by atoms with E-state index in [1.165, 1.54) is 12.1 Å². The van der Waals surface area contributed by atoms with Crippen LogP contribution in [-0.2, 0) is 9.84 Å². The van der Waals surface area contributed by atoms with Gasteiger partial charge in [-0.1, -0.05) is 0 Å². The van der Waals surface area contributed by atoms with Crippen LogP contribution in [0.25, 0.3) is 0 Å². The van der Waals surface area contributed by atoms with Gasteiger partial charge in [-0.2, -0.15) is 8.78 Å². The van der Waals surface area contributed by atoms with Gasteiger partial charge in [0, 0.05) is 17.6 Å². The van der Waals surface area contributed by atoms with Crippen LogP contribution in [0.1, 0.15) is 36.0 Å². The Hall–Kier alpha value is -1.54. The highest BCUT2D eigenvalue weighted by Crippen LogP contribution is 2.36. The van der Waals surface area contributed by atoms with Crippen molar-refractivity contribution in [2.24, 2.45) is 0 Å². The third kappa shape index (κ3) is 2.85. The normalized spacial score (nSPS) is 27.5. The van der Waals surface area contributed by atoms with Gasteiger partial charge >= 0.3 is 5.76 Å². The van der Waals surface area contributed by atoms with Crippen LogP contribution in [0.2, 0.25) is 0 Å². The zero-order valence-electron chi connectivity index (χ0n) is 12.2. The maximum absolute atomic E-state index is 12.6. The molecule has 1 aromatic rings. The number of piperidine rings is 1. The lowest BCUT2D eigenvalue weighted by atomic mass is 9.99. The zero-order valence-corrected chi connectivity index (χ0v) is 13.0. The summed E-state index contributed by atoms with van der Waals surface area (Å²) in [6, 6.07) is 4.58. The highest BCUT2D eigenvalue weighted by Gasteiger charge is 2.43. The molecule has 0 saturated carbocycles. The molecule has 8 heteroatoms. The fourth-order valence-corrected chi connectivity index (χ4v) is 4.24. The van der Waals surface area contributed by atoms with E-state index in [0.717, 1.165) is 25.0 Å². The number of sulfone groups is 1. The minimum absolute atomic E-state index is 0.0132. The van der Waals surface area contributed by atoms with Crippen LogP contribution in [0.3, 0.4) is 0 Å². The van der Waals surface area contributed by atoms with Gasteiger partial charge in [0.25, 0.3) is 5.91 Å². The van der Waals surface area contributed by atoms with Gasteiger partial charge in [0.15, 0.2) is 0 Å². The van der Waals surface area contributed by atoms with Crippen molar-refractivity contribution in [3.05, 3.63) is 29.8 Å². The molecule has 0 aliphatic carbocycles. The summed E-state index contributed by atoms with van der Waals surface area (Å²) in [5, 5.41) is 9.76. The lowest BCUT2D eigenvalue weighted by molar-refractivity contribution is 0.0287. The minimum atomic E-state index is -4.65. The van der Waals surface area contributed by atoms with Crippen molar-refractivity contribution in [2.75, 3.05) is 0 Å². The van der Waals surface area contributed by atoms with Crippen LogP contribution < -0.4 is 0 Å². The van der Waals surface area contributed by atoms with Gasteiger partial charge in [-0.25, -0.2) is 8.42 Å². The van der Waals surface area contributed by atoms with E-state index in [9.17, 15) is 27.1 Å². The van der Waals surface area contributed by atoms with E-state index < -0.39 is 26.6 Å². The molecule has 126 valence electrons. The molecule has 1 N–H and O–H groups in total. The van der Waals surface area contributed by atoms with Gasteiger partial charge in [0.2, 0.25) is 9.84 Å². The second-order valence-corrected chi connectivity index (χ2v) is 7.97. The maximum Gasteiger partial charge on any atom is 0.341 e. The van der Waals surface area contributed by atoms with E-state index in [1.54, 1.807) is 4.90 Å². The molecule has 3 rings (SSSR count). The summed E-state index contributed by atoms with van der Waals surface area (Å²) >= 11 is 0. The first-order chi connectivity index (χ1) is 10.8. The number of benzene rings is 1. The summed E-state index contributed by atoms with van der Waals surface area (Å²) in [6.45, 7) is 0. The van der Waals surface area contributed by atoms with Crippen molar-refractivity contribution in [1.29, 1.82) is 0 Å². The number of fused-ring (bicyclic) bond motifs is 2. The van der Waals surface area contributed by atoms with E-state index in [0.29, 0.717) is 12.8 Å². The summed E-state index contributed by atoms with van der Waals surface area (Å²) in [5.74, 6) is -3.73. The number of aliphatic hydroxyl groups is 1. The topological polar surface area (TPSA) is 74.7 Å². The molecule has 5 nitrogen and oxygen atoms in total. The van der Waals surface area contributed by atoms with Crippen LogP contribution in [0, 0.1) is 0 Å². The van der Waals surface area contributed by atoms with Gasteiger partial charge in [0.05, 0.1) is 11.0 Å². The predicted octanol–water partition coefficient (Wildman–Crippen LogP) is 1.81. The van der Waals surface area contributed by atoms with Gasteiger partial charge in [-0.05, 0) is 49.9 Å². The van der Waals surface area contributed by atoms with Gasteiger partial charge in [0.1, 0.15) is 0 Å². The first-order valence-corrected chi connectivity index (χ1v) is 8.98. The van der Waals surface area contributed by atoms with E-state index in [2.05, 4.69) is 0 Å². The van der Waals surface area contributed by atoms with Crippen molar-refractivity contribution in [3.63, 3.8) is 0 Å². The number of hydrogen-bond donors (Lipinski definition) is 1. The van der Waals surface area contributed by atoms with E-state index in [1.807, 2.05) is 0 Å². The average molecular weight is 345 g/mol. The van der Waals surface area contributed by atoms with E-state index in [4.69, 9.17) is 0 Å². The Balaban J connectivity index is 1.82. The second kappa shape index (κ2) is 5.83. The Kier molecular flexibility index (Phi) is 4.14. The molecule has 0 aromatic heterocycles. The number of aliphatic hydroxyl groups excluding tert-OH is 1. The number of alkyl halides is 2. The summed E-state index contributed by atoms with van der Waals surface area (Å²) < 4.78 is 47.8. The molecular formula is C15H17F2NO4S. The largest absolute Gasteiger partial charge is 0.393 e. The van der Waals surface area contributed by atoms with Crippen LogP contribution in [-0.4, -0.2) is 48.3 Å². The molecule has 1 aromatic carbocycles. The van der Waals surface area contributed by atoms with Crippen LogP contribution in [0.5, 0.6) is 0 Å². The number of carbonyl (C=O) groups excluding carboxylic acids is 1. The molecule has 2 heterocycles. The third-order valence-electron chi connectivity index (χ3n) is 4.61. The van der Waals surface area contributed by atoms with Gasteiger partial charge in [-0.15, -0.1) is 0 Å². The fraction of sp³-hybridized carbons (Fsp3) is 0.533. The molecule has 0 spiro atoms. The SMILES string of the molecule is O=C(c1ccc(S(=O)(=O)C(F)F)cc1)N1C2CCC1CC(O)C2. The Labute approximate surface area is 132 Å². The van der Waals surface area contributed by atoms with Crippen LogP contribution >= 0.6 is 0 Å². The Morgan fingerprint density at radius 1 is 1.13 bits per heavy atom. The molecular weight excluding hydrogens is 328 g/mol. The first kappa shape index (κ1) is 16.3. The second-order valence-electron chi connectivity index (χ2n) is 6.05. The van der Waals surface area contributed by atoms with E-state index >= 15 is 0 Å². The molecule has 2 unspecified atom stereocenters. The molecule has 2 atom stereocenters. The maximum atomic E-state index is 12.6. The average Bonchev–Trinajstić information content (AvgIpc) is 2.78. The van der Waals surface area contributed by atoms with Crippen molar-refractivity contribution in [1.82, 2.24) is 4.90 Å². The van der Waals surface area contributed by atoms with E-state index in [-0.39, 0.29) is 23.6 Å². The first-order valence-electron chi connectivity index (χ1n) is 7.43.